The number of aromatic nitrogens is 2. The van der Waals surface area contributed by atoms with E-state index in [-0.39, 0.29) is 0 Å². The van der Waals surface area contributed by atoms with Crippen LogP contribution in [-0.4, -0.2) is 23.9 Å². The number of anilines is 1. The minimum absolute atomic E-state index is 0.500. The van der Waals surface area contributed by atoms with Gasteiger partial charge in [-0.15, -0.1) is 11.3 Å². The van der Waals surface area contributed by atoms with Crippen molar-refractivity contribution in [2.24, 2.45) is 0 Å². The maximum absolute atomic E-state index is 5.77. The predicted octanol–water partition coefficient (Wildman–Crippen LogP) is 1.96. The monoisotopic (exact) mass is 239 g/mol. The second kappa shape index (κ2) is 5.09. The van der Waals surface area contributed by atoms with Gasteiger partial charge in [0.2, 0.25) is 0 Å². The van der Waals surface area contributed by atoms with Gasteiger partial charge in [0.15, 0.2) is 5.82 Å². The maximum atomic E-state index is 5.77. The normalized spacial score (nSPS) is 10.8. The van der Waals surface area contributed by atoms with Gasteiger partial charge >= 0.3 is 0 Å². The molecule has 86 valence electrons. The van der Waals surface area contributed by atoms with Crippen LogP contribution in [0, 0.1) is 0 Å². The summed E-state index contributed by atoms with van der Waals surface area (Å²) in [5.41, 5.74) is 6.44. The lowest BCUT2D eigenvalue weighted by molar-refractivity contribution is 0.194. The van der Waals surface area contributed by atoms with Gasteiger partial charge in [-0.3, -0.25) is 0 Å². The molecule has 0 spiro atoms. The van der Waals surface area contributed by atoms with Crippen molar-refractivity contribution in [1.82, 2.24) is 10.1 Å². The first-order valence-corrected chi connectivity index (χ1v) is 5.84. The van der Waals surface area contributed by atoms with E-state index in [4.69, 9.17) is 15.0 Å². The topological polar surface area (TPSA) is 74.2 Å². The summed E-state index contributed by atoms with van der Waals surface area (Å²) in [6.45, 7) is 0.699. The number of methoxy groups -OCH3 is 1. The molecule has 2 aromatic heterocycles. The molecule has 0 fully saturated rings. The van der Waals surface area contributed by atoms with Crippen LogP contribution in [0.1, 0.15) is 12.2 Å². The van der Waals surface area contributed by atoms with E-state index in [1.165, 1.54) is 11.3 Å². The molecule has 0 aliphatic carbocycles. The molecule has 2 heterocycles. The largest absolute Gasteiger partial charge is 0.397 e. The van der Waals surface area contributed by atoms with Crippen molar-refractivity contribution in [3.63, 3.8) is 0 Å². The molecule has 0 saturated heterocycles. The molecule has 2 N–H and O–H groups in total. The Hall–Kier alpha value is -1.40. The third-order valence-corrected chi connectivity index (χ3v) is 3.03. The zero-order chi connectivity index (χ0) is 11.4. The molecule has 5 nitrogen and oxygen atoms in total. The van der Waals surface area contributed by atoms with Crippen molar-refractivity contribution < 1.29 is 9.26 Å². The number of rotatable bonds is 5. The predicted molar refractivity (Wildman–Crippen MR) is 62.2 cm³/mol. The average Bonchev–Trinajstić information content (AvgIpc) is 2.87. The van der Waals surface area contributed by atoms with Crippen LogP contribution in [0.2, 0.25) is 0 Å². The van der Waals surface area contributed by atoms with Crippen molar-refractivity contribution in [1.29, 1.82) is 0 Å². The highest BCUT2D eigenvalue weighted by Gasteiger charge is 2.12. The molecule has 6 heteroatoms. The van der Waals surface area contributed by atoms with Gasteiger partial charge in [0.05, 0.1) is 5.69 Å². The number of hydrogen-bond donors (Lipinski definition) is 1. The Balaban J connectivity index is 2.05. The van der Waals surface area contributed by atoms with Crippen LogP contribution in [0.5, 0.6) is 0 Å². The maximum Gasteiger partial charge on any atom is 0.270 e. The van der Waals surface area contributed by atoms with Crippen molar-refractivity contribution in [3.8, 4) is 10.8 Å². The third kappa shape index (κ3) is 2.40. The Bertz CT molecular complexity index is 452. The lowest BCUT2D eigenvalue weighted by Crippen LogP contribution is -1.94. The Labute approximate surface area is 97.2 Å². The second-order valence-electron chi connectivity index (χ2n) is 3.32. The molecule has 0 radical (unpaired) electrons. The summed E-state index contributed by atoms with van der Waals surface area (Å²) >= 11 is 1.50. The number of aryl methyl sites for hydroxylation is 1. The van der Waals surface area contributed by atoms with Crippen LogP contribution in [0.15, 0.2) is 16.0 Å². The Morgan fingerprint density at radius 1 is 1.56 bits per heavy atom. The van der Waals surface area contributed by atoms with Crippen LogP contribution >= 0.6 is 11.3 Å². The smallest absolute Gasteiger partial charge is 0.270 e. The molecular weight excluding hydrogens is 226 g/mol. The summed E-state index contributed by atoms with van der Waals surface area (Å²) in [5, 5.41) is 5.80. The summed E-state index contributed by atoms with van der Waals surface area (Å²) < 4.78 is 10.1. The van der Waals surface area contributed by atoms with Crippen molar-refractivity contribution >= 4 is 17.0 Å². The van der Waals surface area contributed by atoms with Crippen molar-refractivity contribution in [2.75, 3.05) is 19.5 Å². The van der Waals surface area contributed by atoms with Crippen LogP contribution in [0.3, 0.4) is 0 Å². The number of nitrogen functional groups attached to an aromatic ring is 1. The molecule has 0 unspecified atom stereocenters. The molecule has 0 saturated carbocycles. The van der Waals surface area contributed by atoms with E-state index < -0.39 is 0 Å². The zero-order valence-electron chi connectivity index (χ0n) is 8.97. The Morgan fingerprint density at radius 3 is 3.12 bits per heavy atom. The first kappa shape index (κ1) is 11.1. The van der Waals surface area contributed by atoms with Gasteiger partial charge in [0.1, 0.15) is 4.88 Å². The van der Waals surface area contributed by atoms with E-state index in [1.54, 1.807) is 7.11 Å². The van der Waals surface area contributed by atoms with Gasteiger partial charge in [0.25, 0.3) is 5.89 Å². The average molecular weight is 239 g/mol. The summed E-state index contributed by atoms with van der Waals surface area (Å²) in [6, 6.07) is 1.83. The second-order valence-corrected chi connectivity index (χ2v) is 4.23. The van der Waals surface area contributed by atoms with Gasteiger partial charge in [0, 0.05) is 20.1 Å². The molecule has 16 heavy (non-hydrogen) atoms. The summed E-state index contributed by atoms with van der Waals surface area (Å²) in [4.78, 5) is 5.12. The van der Waals surface area contributed by atoms with Crippen LogP contribution < -0.4 is 5.73 Å². The van der Waals surface area contributed by atoms with Gasteiger partial charge in [-0.2, -0.15) is 4.98 Å². The zero-order valence-corrected chi connectivity index (χ0v) is 9.79. The highest BCUT2D eigenvalue weighted by molar-refractivity contribution is 7.14. The standard InChI is InChI=1S/C10H13N3O2S/c1-14-5-2-3-8-12-10(15-13-8)9-7(11)4-6-16-9/h4,6H,2-3,5,11H2,1H3. The summed E-state index contributed by atoms with van der Waals surface area (Å²) in [7, 11) is 1.67. The molecule has 0 aliphatic heterocycles. The highest BCUT2D eigenvalue weighted by Crippen LogP contribution is 2.29. The van der Waals surface area contributed by atoms with Crippen molar-refractivity contribution in [3.05, 3.63) is 17.3 Å². The molecule has 2 aromatic rings. The number of thiophene rings is 1. The molecule has 2 rings (SSSR count). The summed E-state index contributed by atoms with van der Waals surface area (Å²) in [6.07, 6.45) is 1.64. The lowest BCUT2D eigenvalue weighted by atomic mass is 10.3. The lowest BCUT2D eigenvalue weighted by Gasteiger charge is -1.93. The minimum Gasteiger partial charge on any atom is -0.397 e. The van der Waals surface area contributed by atoms with Gasteiger partial charge < -0.3 is 15.0 Å². The van der Waals surface area contributed by atoms with E-state index >= 15 is 0 Å². The third-order valence-electron chi connectivity index (χ3n) is 2.11. The Morgan fingerprint density at radius 2 is 2.44 bits per heavy atom. The van der Waals surface area contributed by atoms with Crippen LogP contribution in [0.4, 0.5) is 5.69 Å². The SMILES string of the molecule is COCCCc1noc(-c2sccc2N)n1. The molecule has 0 atom stereocenters. The van der Waals surface area contributed by atoms with E-state index in [1.807, 2.05) is 11.4 Å². The van der Waals surface area contributed by atoms with Crippen molar-refractivity contribution in [2.45, 2.75) is 12.8 Å². The molecule has 0 amide bonds. The summed E-state index contributed by atoms with van der Waals surface area (Å²) in [5.74, 6) is 1.19. The first-order valence-electron chi connectivity index (χ1n) is 4.96. The van der Waals surface area contributed by atoms with E-state index in [9.17, 15) is 0 Å². The first-order chi connectivity index (χ1) is 7.81. The fourth-order valence-electron chi connectivity index (χ4n) is 1.32. The Kier molecular flexibility index (Phi) is 3.53. The van der Waals surface area contributed by atoms with E-state index in [0.717, 1.165) is 17.7 Å². The van der Waals surface area contributed by atoms with Crippen LogP contribution in [-0.2, 0) is 11.2 Å². The number of nitrogens with zero attached hydrogens (tertiary/aromatic N) is 2. The van der Waals surface area contributed by atoms with Gasteiger partial charge in [-0.25, -0.2) is 0 Å². The molecule has 0 bridgehead atoms. The van der Waals surface area contributed by atoms with E-state index in [0.29, 0.717) is 24.0 Å². The molecule has 0 aliphatic rings. The van der Waals surface area contributed by atoms with Crippen LogP contribution in [0.25, 0.3) is 10.8 Å². The molecule has 0 aromatic carbocycles. The van der Waals surface area contributed by atoms with Gasteiger partial charge in [-0.1, -0.05) is 5.16 Å². The van der Waals surface area contributed by atoms with Gasteiger partial charge in [-0.05, 0) is 17.9 Å². The molecular formula is C10H13N3O2S. The minimum atomic E-state index is 0.500. The fraction of sp³-hybridized carbons (Fsp3) is 0.400. The quantitative estimate of drug-likeness (QED) is 0.807. The number of nitrogens with two attached hydrogens (primary N) is 1. The van der Waals surface area contributed by atoms with E-state index in [2.05, 4.69) is 10.1 Å². The highest BCUT2D eigenvalue weighted by atomic mass is 32.1. The number of hydrogen-bond acceptors (Lipinski definition) is 6. The number of ether oxygens (including phenoxy) is 1. The fourth-order valence-corrected chi connectivity index (χ4v) is 2.05.